The molecule has 5 rings (SSSR count). The highest BCUT2D eigenvalue weighted by Gasteiger charge is 2.20. The van der Waals surface area contributed by atoms with Gasteiger partial charge in [0.15, 0.2) is 17.4 Å². The molecule has 13 heteroatoms. The van der Waals surface area contributed by atoms with Gasteiger partial charge in [0.1, 0.15) is 18.0 Å². The van der Waals surface area contributed by atoms with Crippen LogP contribution in [0.2, 0.25) is 0 Å². The molecule has 0 radical (unpaired) electrons. The van der Waals surface area contributed by atoms with Gasteiger partial charge in [0.2, 0.25) is 0 Å². The van der Waals surface area contributed by atoms with Gasteiger partial charge in [-0.1, -0.05) is 19.1 Å². The molecule has 4 heterocycles. The van der Waals surface area contributed by atoms with Crippen molar-refractivity contribution in [2.45, 2.75) is 19.9 Å². The Balaban J connectivity index is 1.36. The Morgan fingerprint density at radius 1 is 1.05 bits per heavy atom. The zero-order chi connectivity index (χ0) is 29.0. The van der Waals surface area contributed by atoms with Gasteiger partial charge in [-0.25, -0.2) is 19.2 Å². The van der Waals surface area contributed by atoms with Crippen molar-refractivity contribution in [1.29, 1.82) is 4.78 Å². The lowest BCUT2D eigenvalue weighted by Gasteiger charge is -2.27. The second-order valence-electron chi connectivity index (χ2n) is 9.82. The number of pyridine rings is 2. The number of aromatic nitrogens is 5. The van der Waals surface area contributed by atoms with E-state index in [0.29, 0.717) is 77.7 Å². The fourth-order valence-electron chi connectivity index (χ4n) is 4.59. The second kappa shape index (κ2) is 12.0. The number of nitrogens with zero attached hydrogens (tertiary/aromatic N) is 6. The molecule has 1 aliphatic heterocycles. The minimum Gasteiger partial charge on any atom is -0.494 e. The van der Waals surface area contributed by atoms with Crippen molar-refractivity contribution in [2.24, 2.45) is 7.05 Å². The van der Waals surface area contributed by atoms with E-state index in [4.69, 9.17) is 9.52 Å². The lowest BCUT2D eigenvalue weighted by molar-refractivity contribution is 0.0988. The molecule has 3 N–H and O–H groups in total. The van der Waals surface area contributed by atoms with Crippen LogP contribution in [-0.4, -0.2) is 71.3 Å². The third-order valence-electron chi connectivity index (χ3n) is 6.82. The minimum atomic E-state index is -2.42. The number of hydrogen-bond acceptors (Lipinski definition) is 11. The molecule has 1 aromatic carbocycles. The zero-order valence-corrected chi connectivity index (χ0v) is 24.1. The number of carbonyl (C=O) groups is 1. The summed E-state index contributed by atoms with van der Waals surface area (Å²) in [5.41, 5.74) is 3.44. The van der Waals surface area contributed by atoms with Crippen molar-refractivity contribution in [2.75, 3.05) is 42.3 Å². The van der Waals surface area contributed by atoms with Crippen LogP contribution in [0.5, 0.6) is 5.75 Å². The van der Waals surface area contributed by atoms with E-state index >= 15 is 0 Å². The Morgan fingerprint density at radius 3 is 2.49 bits per heavy atom. The van der Waals surface area contributed by atoms with E-state index in [1.807, 2.05) is 37.3 Å². The Bertz CT molecular complexity index is 1640. The number of ether oxygens (including phenoxy) is 1. The average molecular weight is 576 g/mol. The number of ketones is 1. The number of carbonyl (C=O) groups excluding carboxylic acids is 1. The van der Waals surface area contributed by atoms with E-state index in [-0.39, 0.29) is 5.78 Å². The molecule has 0 amide bonds. The van der Waals surface area contributed by atoms with Crippen molar-refractivity contribution in [1.82, 2.24) is 29.6 Å². The normalized spacial score (nSPS) is 14.9. The van der Waals surface area contributed by atoms with Crippen molar-refractivity contribution in [3.63, 3.8) is 0 Å². The summed E-state index contributed by atoms with van der Waals surface area (Å²) in [6.07, 6.45) is 5.31. The van der Waals surface area contributed by atoms with E-state index < -0.39 is 9.73 Å². The topological polar surface area (TPSA) is 151 Å². The number of rotatable bonds is 10. The van der Waals surface area contributed by atoms with Crippen LogP contribution in [0.25, 0.3) is 11.4 Å². The highest BCUT2D eigenvalue weighted by atomic mass is 32.2. The number of benzene rings is 1. The molecular weight excluding hydrogens is 542 g/mol. The standard InChI is InChI=1S/C28H33N9O3S/c1-4-24(38)21-16-31-26(34-25-9-8-19(15-30-25)17-37-10-12-41(29,39)13-11-37)14-23(21)33-22-7-5-6-20(27(22)40-3)28-32-18-36(2)35-28/h5-9,14-16,18,29H,4,10-13,17H2,1-3H3,(H2,30,31,33,34). The fourth-order valence-corrected chi connectivity index (χ4v) is 5.90. The van der Waals surface area contributed by atoms with Gasteiger partial charge in [-0.2, -0.15) is 5.10 Å². The first kappa shape index (κ1) is 28.2. The molecule has 3 aromatic heterocycles. The average Bonchev–Trinajstić information content (AvgIpc) is 3.41. The maximum atomic E-state index is 12.8. The van der Waals surface area contributed by atoms with Gasteiger partial charge in [0, 0.05) is 72.8 Å². The van der Waals surface area contributed by atoms with E-state index in [1.165, 1.54) is 0 Å². The fraction of sp³-hybridized carbons (Fsp3) is 0.321. The quantitative estimate of drug-likeness (QED) is 0.234. The van der Waals surface area contributed by atoms with Crippen LogP contribution < -0.4 is 15.4 Å². The van der Waals surface area contributed by atoms with Crippen molar-refractivity contribution < 1.29 is 13.7 Å². The van der Waals surface area contributed by atoms with Crippen molar-refractivity contribution >= 4 is 38.5 Å². The summed E-state index contributed by atoms with van der Waals surface area (Å²) in [5.74, 6) is 2.98. The zero-order valence-electron chi connectivity index (χ0n) is 23.3. The number of Topliss-reactive ketones (excluding diaryl/α,β-unsaturated/α-hetero) is 1. The lowest BCUT2D eigenvalue weighted by Crippen LogP contribution is -2.39. The van der Waals surface area contributed by atoms with Crippen LogP contribution in [0.3, 0.4) is 0 Å². The third kappa shape index (κ3) is 6.69. The summed E-state index contributed by atoms with van der Waals surface area (Å²) in [6, 6.07) is 11.3. The molecular formula is C28H33N9O3S. The number of methoxy groups -OCH3 is 1. The Hall–Kier alpha value is -4.36. The number of hydrogen-bond donors (Lipinski definition) is 3. The summed E-state index contributed by atoms with van der Waals surface area (Å²) >= 11 is 0. The number of anilines is 4. The van der Waals surface area contributed by atoms with Crippen molar-refractivity contribution in [3.8, 4) is 17.1 Å². The minimum absolute atomic E-state index is 0.0468. The Morgan fingerprint density at radius 2 is 1.83 bits per heavy atom. The number of aryl methyl sites for hydroxylation is 1. The summed E-state index contributed by atoms with van der Waals surface area (Å²) in [7, 11) is 0.967. The van der Waals surface area contributed by atoms with Gasteiger partial charge in [-0.15, -0.1) is 0 Å². The number of para-hydroxylation sites is 1. The van der Waals surface area contributed by atoms with Crippen LogP contribution in [0.4, 0.5) is 23.0 Å². The van der Waals surface area contributed by atoms with E-state index in [9.17, 15) is 9.00 Å². The van der Waals surface area contributed by atoms with Gasteiger partial charge >= 0.3 is 0 Å². The molecule has 0 spiro atoms. The van der Waals surface area contributed by atoms with E-state index in [1.54, 1.807) is 43.6 Å². The first-order valence-electron chi connectivity index (χ1n) is 13.3. The van der Waals surface area contributed by atoms with Gasteiger partial charge in [0.25, 0.3) is 0 Å². The maximum absolute atomic E-state index is 12.8. The van der Waals surface area contributed by atoms with Crippen LogP contribution in [0, 0.1) is 4.78 Å². The molecule has 1 fully saturated rings. The van der Waals surface area contributed by atoms with Crippen LogP contribution in [0.1, 0.15) is 29.3 Å². The van der Waals surface area contributed by atoms with E-state index in [2.05, 4.69) is 35.6 Å². The van der Waals surface area contributed by atoms with Crippen LogP contribution in [0.15, 0.2) is 55.1 Å². The molecule has 4 aromatic rings. The summed E-state index contributed by atoms with van der Waals surface area (Å²) < 4.78 is 27.0. The van der Waals surface area contributed by atoms with Crippen LogP contribution in [-0.2, 0) is 23.3 Å². The first-order valence-corrected chi connectivity index (χ1v) is 15.2. The molecule has 0 aliphatic carbocycles. The SMILES string of the molecule is CCC(=O)c1cnc(Nc2ccc(CN3CCS(=N)(=O)CC3)cn2)cc1Nc1cccc(-c2ncn(C)n2)c1OC. The Kier molecular flexibility index (Phi) is 8.26. The smallest absolute Gasteiger partial charge is 0.184 e. The summed E-state index contributed by atoms with van der Waals surface area (Å²) in [4.78, 5) is 28.3. The van der Waals surface area contributed by atoms with Gasteiger partial charge in [0.05, 0.1) is 29.6 Å². The molecule has 0 bridgehead atoms. The van der Waals surface area contributed by atoms with Crippen molar-refractivity contribution in [3.05, 3.63) is 66.2 Å². The van der Waals surface area contributed by atoms with Gasteiger partial charge < -0.3 is 15.4 Å². The summed E-state index contributed by atoms with van der Waals surface area (Å²) in [5, 5.41) is 11.0. The molecule has 41 heavy (non-hydrogen) atoms. The number of nitrogens with one attached hydrogen (secondary N) is 3. The van der Waals surface area contributed by atoms with Crippen LogP contribution >= 0.6 is 0 Å². The molecule has 0 unspecified atom stereocenters. The molecule has 0 saturated carbocycles. The summed E-state index contributed by atoms with van der Waals surface area (Å²) in [6.45, 7) is 3.80. The molecule has 12 nitrogen and oxygen atoms in total. The predicted molar refractivity (Wildman–Crippen MR) is 159 cm³/mol. The molecule has 214 valence electrons. The third-order valence-corrected chi connectivity index (χ3v) is 8.50. The predicted octanol–water partition coefficient (Wildman–Crippen LogP) is 4.22. The monoisotopic (exact) mass is 575 g/mol. The molecule has 0 atom stereocenters. The van der Waals surface area contributed by atoms with Gasteiger partial charge in [-0.3, -0.25) is 19.2 Å². The highest BCUT2D eigenvalue weighted by molar-refractivity contribution is 7.92. The Labute approximate surface area is 239 Å². The second-order valence-corrected chi connectivity index (χ2v) is 12.3. The lowest BCUT2D eigenvalue weighted by atomic mass is 10.1. The van der Waals surface area contributed by atoms with E-state index in [0.717, 1.165) is 11.1 Å². The molecule has 1 saturated heterocycles. The molecule has 1 aliphatic rings. The largest absolute Gasteiger partial charge is 0.494 e. The first-order chi connectivity index (χ1) is 19.7. The maximum Gasteiger partial charge on any atom is 0.184 e. The van der Waals surface area contributed by atoms with Gasteiger partial charge in [-0.05, 0) is 23.8 Å². The highest BCUT2D eigenvalue weighted by Crippen LogP contribution is 2.37.